The van der Waals surface area contributed by atoms with Crippen molar-refractivity contribution in [2.45, 2.75) is 12.8 Å². The maximum Gasteiger partial charge on any atom is 0.240 e. The Hall–Kier alpha value is -2.77. The van der Waals surface area contributed by atoms with E-state index in [1.807, 2.05) is 48.5 Å². The zero-order valence-electron chi connectivity index (χ0n) is 11.5. The quantitative estimate of drug-likeness (QED) is 0.533. The van der Waals surface area contributed by atoms with E-state index in [9.17, 15) is 4.79 Å². The highest BCUT2D eigenvalue weighted by Crippen LogP contribution is 2.20. The van der Waals surface area contributed by atoms with E-state index in [0.29, 0.717) is 5.69 Å². The fourth-order valence-corrected chi connectivity index (χ4v) is 2.39. The summed E-state index contributed by atoms with van der Waals surface area (Å²) in [7, 11) is 0. The van der Waals surface area contributed by atoms with Crippen molar-refractivity contribution in [2.24, 2.45) is 4.99 Å². The molecule has 0 spiro atoms. The van der Waals surface area contributed by atoms with Gasteiger partial charge in [-0.25, -0.2) is 4.79 Å². The monoisotopic (exact) mass is 274 g/mol. The van der Waals surface area contributed by atoms with Gasteiger partial charge < -0.3 is 0 Å². The molecule has 3 aromatic rings. The smallest absolute Gasteiger partial charge is 0.240 e. The molecule has 0 aliphatic rings. The lowest BCUT2D eigenvalue weighted by atomic mass is 10.1. The molecule has 102 valence electrons. The molecule has 0 bridgehead atoms. The number of para-hydroxylation sites is 2. The number of hydrogen-bond acceptors (Lipinski definition) is 3. The largest absolute Gasteiger partial charge is 0.253 e. The summed E-state index contributed by atoms with van der Waals surface area (Å²) in [5.41, 5.74) is 3.77. The normalized spacial score (nSPS) is 10.3. The van der Waals surface area contributed by atoms with Gasteiger partial charge in [0, 0.05) is 11.1 Å². The van der Waals surface area contributed by atoms with Crippen molar-refractivity contribution in [3.8, 4) is 0 Å². The van der Waals surface area contributed by atoms with Crippen LogP contribution in [-0.2, 0) is 17.6 Å². The molecule has 0 atom stereocenters. The van der Waals surface area contributed by atoms with E-state index < -0.39 is 0 Å². The SMILES string of the molecule is O=C=Nc1ccccc1CCc1ccc2ccccc2n1. The second-order valence-corrected chi connectivity index (χ2v) is 4.83. The Morgan fingerprint density at radius 3 is 2.62 bits per heavy atom. The van der Waals surface area contributed by atoms with Crippen molar-refractivity contribution in [1.29, 1.82) is 0 Å². The molecule has 0 N–H and O–H groups in total. The maximum absolute atomic E-state index is 10.4. The summed E-state index contributed by atoms with van der Waals surface area (Å²) in [6, 6.07) is 19.8. The molecule has 2 aromatic carbocycles. The number of carbonyl (C=O) groups excluding carboxylic acids is 1. The van der Waals surface area contributed by atoms with Crippen LogP contribution in [0.2, 0.25) is 0 Å². The number of rotatable bonds is 4. The van der Waals surface area contributed by atoms with E-state index in [2.05, 4.69) is 22.1 Å². The van der Waals surface area contributed by atoms with Crippen molar-refractivity contribution in [3.05, 3.63) is 71.9 Å². The average Bonchev–Trinajstić information content (AvgIpc) is 2.54. The van der Waals surface area contributed by atoms with E-state index in [1.165, 1.54) is 0 Å². The van der Waals surface area contributed by atoms with Gasteiger partial charge in [-0.3, -0.25) is 4.98 Å². The highest BCUT2D eigenvalue weighted by Gasteiger charge is 2.03. The lowest BCUT2D eigenvalue weighted by Gasteiger charge is -2.05. The second-order valence-electron chi connectivity index (χ2n) is 4.83. The number of benzene rings is 2. The zero-order chi connectivity index (χ0) is 14.5. The van der Waals surface area contributed by atoms with Crippen LogP contribution in [0, 0.1) is 0 Å². The Morgan fingerprint density at radius 1 is 0.905 bits per heavy atom. The summed E-state index contributed by atoms with van der Waals surface area (Å²) in [5.74, 6) is 0. The maximum atomic E-state index is 10.4. The van der Waals surface area contributed by atoms with Crippen molar-refractivity contribution >= 4 is 22.7 Å². The molecule has 21 heavy (non-hydrogen) atoms. The number of nitrogens with zero attached hydrogens (tertiary/aromatic N) is 2. The minimum absolute atomic E-state index is 0.688. The number of pyridine rings is 1. The molecule has 0 aliphatic carbocycles. The predicted octanol–water partition coefficient (Wildman–Crippen LogP) is 3.99. The summed E-state index contributed by atoms with van der Waals surface area (Å²) < 4.78 is 0. The average molecular weight is 274 g/mol. The third-order valence-corrected chi connectivity index (χ3v) is 3.46. The van der Waals surface area contributed by atoms with Gasteiger partial charge in [-0.2, -0.15) is 4.99 Å². The van der Waals surface area contributed by atoms with Crippen LogP contribution in [0.4, 0.5) is 5.69 Å². The van der Waals surface area contributed by atoms with Gasteiger partial charge in [0.15, 0.2) is 0 Å². The van der Waals surface area contributed by atoms with Crippen LogP contribution in [0.3, 0.4) is 0 Å². The van der Waals surface area contributed by atoms with Crippen molar-refractivity contribution in [2.75, 3.05) is 0 Å². The number of fused-ring (bicyclic) bond motifs is 1. The molecule has 0 radical (unpaired) electrons. The molecule has 3 rings (SSSR count). The molecule has 0 fully saturated rings. The Bertz CT molecular complexity index is 820. The summed E-state index contributed by atoms with van der Waals surface area (Å²) in [6.45, 7) is 0. The zero-order valence-corrected chi connectivity index (χ0v) is 11.5. The van der Waals surface area contributed by atoms with Crippen LogP contribution in [-0.4, -0.2) is 11.1 Å². The first kappa shape index (κ1) is 13.2. The number of aliphatic imine (C=N–C) groups is 1. The molecular weight excluding hydrogens is 260 g/mol. The fraction of sp³-hybridized carbons (Fsp3) is 0.111. The Balaban J connectivity index is 1.82. The topological polar surface area (TPSA) is 42.3 Å². The molecule has 1 aromatic heterocycles. The first-order valence-electron chi connectivity index (χ1n) is 6.87. The van der Waals surface area contributed by atoms with Crippen LogP contribution >= 0.6 is 0 Å². The van der Waals surface area contributed by atoms with Gasteiger partial charge in [0.1, 0.15) is 0 Å². The molecule has 3 nitrogen and oxygen atoms in total. The molecule has 3 heteroatoms. The fourth-order valence-electron chi connectivity index (χ4n) is 2.39. The highest BCUT2D eigenvalue weighted by atomic mass is 16.1. The van der Waals surface area contributed by atoms with Gasteiger partial charge in [-0.15, -0.1) is 0 Å². The Morgan fingerprint density at radius 2 is 1.71 bits per heavy atom. The van der Waals surface area contributed by atoms with Crippen LogP contribution < -0.4 is 0 Å². The minimum atomic E-state index is 0.688. The van der Waals surface area contributed by atoms with Gasteiger partial charge in [-0.1, -0.05) is 42.5 Å². The van der Waals surface area contributed by atoms with E-state index in [0.717, 1.165) is 35.0 Å². The molecule has 0 saturated heterocycles. The van der Waals surface area contributed by atoms with E-state index in [4.69, 9.17) is 0 Å². The summed E-state index contributed by atoms with van der Waals surface area (Å²) in [5, 5.41) is 1.15. The molecule has 1 heterocycles. The number of aromatic nitrogens is 1. The van der Waals surface area contributed by atoms with Crippen molar-refractivity contribution in [3.63, 3.8) is 0 Å². The van der Waals surface area contributed by atoms with Crippen LogP contribution in [0.25, 0.3) is 10.9 Å². The Labute approximate surface area is 123 Å². The van der Waals surface area contributed by atoms with E-state index in [1.54, 1.807) is 6.08 Å². The highest BCUT2D eigenvalue weighted by molar-refractivity contribution is 5.78. The van der Waals surface area contributed by atoms with Crippen LogP contribution in [0.5, 0.6) is 0 Å². The van der Waals surface area contributed by atoms with E-state index in [-0.39, 0.29) is 0 Å². The minimum Gasteiger partial charge on any atom is -0.253 e. The standard InChI is InChI=1S/C18H14N2O/c21-13-19-17-7-3-1-5-14(17)9-11-16-12-10-15-6-2-4-8-18(15)20-16/h1-8,10,12H,9,11H2. The van der Waals surface area contributed by atoms with Gasteiger partial charge in [0.2, 0.25) is 6.08 Å². The summed E-state index contributed by atoms with van der Waals surface area (Å²) in [6.07, 6.45) is 3.22. The van der Waals surface area contributed by atoms with Crippen molar-refractivity contribution < 1.29 is 4.79 Å². The van der Waals surface area contributed by atoms with Crippen LogP contribution in [0.15, 0.2) is 65.7 Å². The second kappa shape index (κ2) is 6.12. The Kier molecular flexibility index (Phi) is 3.85. The number of hydrogen-bond donors (Lipinski definition) is 0. The van der Waals surface area contributed by atoms with Crippen molar-refractivity contribution in [1.82, 2.24) is 4.98 Å². The van der Waals surface area contributed by atoms with Gasteiger partial charge in [-0.05, 0) is 36.6 Å². The third kappa shape index (κ3) is 3.04. The van der Waals surface area contributed by atoms with Gasteiger partial charge >= 0.3 is 0 Å². The molecule has 0 saturated carbocycles. The molecule has 0 amide bonds. The number of isocyanates is 1. The van der Waals surface area contributed by atoms with E-state index >= 15 is 0 Å². The predicted molar refractivity (Wildman–Crippen MR) is 83.4 cm³/mol. The first-order valence-corrected chi connectivity index (χ1v) is 6.87. The molecular formula is C18H14N2O. The first-order chi connectivity index (χ1) is 10.4. The third-order valence-electron chi connectivity index (χ3n) is 3.46. The summed E-state index contributed by atoms with van der Waals surface area (Å²) >= 11 is 0. The lowest BCUT2D eigenvalue weighted by molar-refractivity contribution is 0.565. The number of aryl methyl sites for hydroxylation is 2. The van der Waals surface area contributed by atoms with Gasteiger partial charge in [0.25, 0.3) is 0 Å². The molecule has 0 aliphatic heterocycles. The summed E-state index contributed by atoms with van der Waals surface area (Å²) in [4.78, 5) is 18.8. The van der Waals surface area contributed by atoms with Gasteiger partial charge in [0.05, 0.1) is 11.2 Å². The van der Waals surface area contributed by atoms with Crippen LogP contribution in [0.1, 0.15) is 11.3 Å². The lowest BCUT2D eigenvalue weighted by Crippen LogP contribution is -1.95. The molecule has 0 unspecified atom stereocenters.